The second-order valence-electron chi connectivity index (χ2n) is 4.72. The molecule has 5 nitrogen and oxygen atoms in total. The molecule has 0 fully saturated rings. The monoisotopic (exact) mass is 273 g/mol. The largest absolute Gasteiger partial charge is 0.361 e. The summed E-state index contributed by atoms with van der Waals surface area (Å²) in [7, 11) is 0. The minimum atomic E-state index is -0.205. The summed E-state index contributed by atoms with van der Waals surface area (Å²) in [5.41, 5.74) is 6.10. The van der Waals surface area contributed by atoms with Crippen molar-refractivity contribution >= 4 is 11.6 Å². The first-order valence-corrected chi connectivity index (χ1v) is 6.61. The molecule has 0 saturated heterocycles. The van der Waals surface area contributed by atoms with Crippen molar-refractivity contribution in [2.45, 2.75) is 27.7 Å². The van der Waals surface area contributed by atoms with Gasteiger partial charge in [-0.3, -0.25) is 15.2 Å². The SMILES string of the molecule is CCN(NC(=O)c1c(C)noc1C)c1ccc(C)cc1. The van der Waals surface area contributed by atoms with Crippen molar-refractivity contribution in [3.05, 3.63) is 46.8 Å². The lowest BCUT2D eigenvalue weighted by atomic mass is 10.2. The number of nitrogens with zero attached hydrogens (tertiary/aromatic N) is 2. The first kappa shape index (κ1) is 14.1. The smallest absolute Gasteiger partial charge is 0.275 e. The first-order chi connectivity index (χ1) is 9.52. The molecule has 1 amide bonds. The summed E-state index contributed by atoms with van der Waals surface area (Å²) in [4.78, 5) is 12.3. The van der Waals surface area contributed by atoms with Gasteiger partial charge in [-0.2, -0.15) is 0 Å². The summed E-state index contributed by atoms with van der Waals surface area (Å²) < 4.78 is 5.02. The minimum Gasteiger partial charge on any atom is -0.361 e. The zero-order valence-corrected chi connectivity index (χ0v) is 12.2. The molecule has 1 aromatic heterocycles. The number of carbonyl (C=O) groups is 1. The number of benzene rings is 1. The van der Waals surface area contributed by atoms with Gasteiger partial charge in [0, 0.05) is 6.54 Å². The van der Waals surface area contributed by atoms with E-state index < -0.39 is 0 Å². The Labute approximate surface area is 118 Å². The van der Waals surface area contributed by atoms with E-state index in [-0.39, 0.29) is 5.91 Å². The third-order valence-electron chi connectivity index (χ3n) is 3.16. The molecule has 5 heteroatoms. The predicted octanol–water partition coefficient (Wildman–Crippen LogP) is 2.77. The second kappa shape index (κ2) is 5.77. The van der Waals surface area contributed by atoms with Crippen molar-refractivity contribution in [2.24, 2.45) is 0 Å². The lowest BCUT2D eigenvalue weighted by Gasteiger charge is -2.23. The normalized spacial score (nSPS) is 10.4. The molecule has 2 aromatic rings. The number of hydrogen-bond acceptors (Lipinski definition) is 4. The standard InChI is InChI=1S/C15H19N3O2/c1-5-18(13-8-6-10(2)7-9-13)16-15(19)14-11(3)17-20-12(14)4/h6-9H,5H2,1-4H3,(H,16,19). The predicted molar refractivity (Wildman–Crippen MR) is 77.6 cm³/mol. The number of aromatic nitrogens is 1. The van der Waals surface area contributed by atoms with Crippen LogP contribution < -0.4 is 10.4 Å². The van der Waals surface area contributed by atoms with E-state index in [0.29, 0.717) is 23.6 Å². The number of amides is 1. The van der Waals surface area contributed by atoms with Gasteiger partial charge in [-0.25, -0.2) is 0 Å². The van der Waals surface area contributed by atoms with Crippen LogP contribution in [-0.4, -0.2) is 17.6 Å². The van der Waals surface area contributed by atoms with Crippen LogP contribution >= 0.6 is 0 Å². The highest BCUT2D eigenvalue weighted by atomic mass is 16.5. The number of anilines is 1. The maximum Gasteiger partial charge on any atom is 0.275 e. The van der Waals surface area contributed by atoms with Crippen molar-refractivity contribution in [3.8, 4) is 0 Å². The van der Waals surface area contributed by atoms with E-state index in [0.717, 1.165) is 5.69 Å². The molecule has 1 heterocycles. The number of carbonyl (C=O) groups excluding carboxylic acids is 1. The number of nitrogens with one attached hydrogen (secondary N) is 1. The van der Waals surface area contributed by atoms with Crippen LogP contribution in [0.15, 0.2) is 28.8 Å². The third kappa shape index (κ3) is 2.82. The van der Waals surface area contributed by atoms with Crippen LogP contribution in [0.1, 0.15) is 34.3 Å². The average molecular weight is 273 g/mol. The van der Waals surface area contributed by atoms with Gasteiger partial charge in [0.2, 0.25) is 0 Å². The summed E-state index contributed by atoms with van der Waals surface area (Å²) in [5.74, 6) is 0.323. The minimum absolute atomic E-state index is 0.205. The van der Waals surface area contributed by atoms with Crippen LogP contribution in [0.3, 0.4) is 0 Å². The van der Waals surface area contributed by atoms with Crippen molar-refractivity contribution in [2.75, 3.05) is 11.6 Å². The molecule has 0 saturated carbocycles. The van der Waals surface area contributed by atoms with Gasteiger partial charge in [0.1, 0.15) is 11.3 Å². The fourth-order valence-electron chi connectivity index (χ4n) is 2.04. The van der Waals surface area contributed by atoms with Crippen molar-refractivity contribution in [1.29, 1.82) is 0 Å². The molecule has 0 bridgehead atoms. The zero-order chi connectivity index (χ0) is 14.7. The Morgan fingerprint density at radius 2 is 1.90 bits per heavy atom. The summed E-state index contributed by atoms with van der Waals surface area (Å²) in [6.07, 6.45) is 0. The molecule has 2 rings (SSSR count). The quantitative estimate of drug-likeness (QED) is 0.870. The Hall–Kier alpha value is -2.30. The number of aryl methyl sites for hydroxylation is 3. The van der Waals surface area contributed by atoms with Gasteiger partial charge in [0.05, 0.1) is 11.4 Å². The molecule has 0 spiro atoms. The lowest BCUT2D eigenvalue weighted by molar-refractivity contribution is 0.0947. The molecular formula is C15H19N3O2. The number of rotatable bonds is 4. The van der Waals surface area contributed by atoms with Gasteiger partial charge >= 0.3 is 0 Å². The van der Waals surface area contributed by atoms with Crippen LogP contribution in [0.25, 0.3) is 0 Å². The van der Waals surface area contributed by atoms with E-state index in [1.165, 1.54) is 5.56 Å². The van der Waals surface area contributed by atoms with E-state index in [1.807, 2.05) is 38.1 Å². The molecule has 0 aliphatic heterocycles. The lowest BCUT2D eigenvalue weighted by Crippen LogP contribution is -2.42. The Balaban J connectivity index is 2.18. The molecule has 0 aliphatic carbocycles. The fourth-order valence-corrected chi connectivity index (χ4v) is 2.04. The molecule has 20 heavy (non-hydrogen) atoms. The van der Waals surface area contributed by atoms with Crippen LogP contribution in [-0.2, 0) is 0 Å². The molecule has 0 unspecified atom stereocenters. The molecule has 1 aromatic carbocycles. The van der Waals surface area contributed by atoms with Crippen molar-refractivity contribution < 1.29 is 9.32 Å². The first-order valence-electron chi connectivity index (χ1n) is 6.61. The van der Waals surface area contributed by atoms with E-state index in [2.05, 4.69) is 10.6 Å². The van der Waals surface area contributed by atoms with Crippen LogP contribution in [0.5, 0.6) is 0 Å². The van der Waals surface area contributed by atoms with E-state index >= 15 is 0 Å². The van der Waals surface area contributed by atoms with E-state index in [1.54, 1.807) is 18.9 Å². The summed E-state index contributed by atoms with van der Waals surface area (Å²) in [6.45, 7) is 8.17. The zero-order valence-electron chi connectivity index (χ0n) is 12.2. The van der Waals surface area contributed by atoms with Crippen LogP contribution in [0.2, 0.25) is 0 Å². The Kier molecular flexibility index (Phi) is 4.08. The highest BCUT2D eigenvalue weighted by Gasteiger charge is 2.19. The van der Waals surface area contributed by atoms with Crippen LogP contribution in [0, 0.1) is 20.8 Å². The maximum absolute atomic E-state index is 12.3. The second-order valence-corrected chi connectivity index (χ2v) is 4.72. The Bertz CT molecular complexity index is 583. The summed E-state index contributed by atoms with van der Waals surface area (Å²) in [5, 5.41) is 5.60. The molecule has 1 N–H and O–H groups in total. The average Bonchev–Trinajstić information content (AvgIpc) is 2.76. The van der Waals surface area contributed by atoms with E-state index in [4.69, 9.17) is 4.52 Å². The molecule has 0 atom stereocenters. The van der Waals surface area contributed by atoms with Crippen LogP contribution in [0.4, 0.5) is 5.69 Å². The van der Waals surface area contributed by atoms with E-state index in [9.17, 15) is 4.79 Å². The summed E-state index contributed by atoms with van der Waals surface area (Å²) >= 11 is 0. The maximum atomic E-state index is 12.3. The topological polar surface area (TPSA) is 58.4 Å². The van der Waals surface area contributed by atoms with Gasteiger partial charge < -0.3 is 4.52 Å². The summed E-state index contributed by atoms with van der Waals surface area (Å²) in [6, 6.07) is 7.99. The molecule has 0 aliphatic rings. The van der Waals surface area contributed by atoms with Gasteiger partial charge in [-0.05, 0) is 39.8 Å². The highest BCUT2D eigenvalue weighted by Crippen LogP contribution is 2.15. The van der Waals surface area contributed by atoms with Crippen molar-refractivity contribution in [1.82, 2.24) is 10.6 Å². The Morgan fingerprint density at radius 1 is 1.25 bits per heavy atom. The number of hydrazine groups is 1. The third-order valence-corrected chi connectivity index (χ3v) is 3.16. The molecule has 106 valence electrons. The number of hydrogen-bond donors (Lipinski definition) is 1. The fraction of sp³-hybridized carbons (Fsp3) is 0.333. The Morgan fingerprint density at radius 3 is 2.40 bits per heavy atom. The molecule has 0 radical (unpaired) electrons. The van der Waals surface area contributed by atoms with Gasteiger partial charge in [-0.15, -0.1) is 0 Å². The highest BCUT2D eigenvalue weighted by molar-refractivity contribution is 5.96. The van der Waals surface area contributed by atoms with Crippen molar-refractivity contribution in [3.63, 3.8) is 0 Å². The molecular weight excluding hydrogens is 254 g/mol. The van der Waals surface area contributed by atoms with Gasteiger partial charge in [-0.1, -0.05) is 22.9 Å². The van der Waals surface area contributed by atoms with Gasteiger partial charge in [0.25, 0.3) is 5.91 Å². The van der Waals surface area contributed by atoms with Gasteiger partial charge in [0.15, 0.2) is 0 Å².